The molecule has 0 saturated carbocycles. The molecular weight excluding hydrogens is 286 g/mol. The van der Waals surface area contributed by atoms with Gasteiger partial charge in [0.1, 0.15) is 5.00 Å². The lowest BCUT2D eigenvalue weighted by molar-refractivity contribution is 0.0944. The van der Waals surface area contributed by atoms with Crippen molar-refractivity contribution < 1.29 is 9.59 Å². The van der Waals surface area contributed by atoms with E-state index in [2.05, 4.69) is 11.8 Å². The van der Waals surface area contributed by atoms with Gasteiger partial charge in [-0.3, -0.25) is 9.59 Å². The molecule has 6 heteroatoms. The van der Waals surface area contributed by atoms with Gasteiger partial charge in [-0.1, -0.05) is 20.8 Å². The Labute approximate surface area is 129 Å². The number of hydrogen-bond acceptors (Lipinski definition) is 5. The minimum Gasteiger partial charge on any atom is -0.397 e. The smallest absolute Gasteiger partial charge is 0.253 e. The Balaban J connectivity index is 2.43. The highest BCUT2D eigenvalue weighted by Crippen LogP contribution is 2.40. The van der Waals surface area contributed by atoms with E-state index in [-0.39, 0.29) is 17.4 Å². The SMILES string of the molecule is CC1CCN(c2sc(C(=O)C(C)C)c(N)c2C(N)=O)CC1. The van der Waals surface area contributed by atoms with Crippen LogP contribution < -0.4 is 16.4 Å². The lowest BCUT2D eigenvalue weighted by Crippen LogP contribution is -2.33. The highest BCUT2D eigenvalue weighted by atomic mass is 32.1. The molecule has 0 atom stereocenters. The van der Waals surface area contributed by atoms with Crippen LogP contribution in [0.25, 0.3) is 0 Å². The molecule has 1 aliphatic rings. The van der Waals surface area contributed by atoms with Crippen molar-refractivity contribution in [3.8, 4) is 0 Å². The predicted octanol–water partition coefficient (Wildman–Crippen LogP) is 2.50. The predicted molar refractivity (Wildman–Crippen MR) is 87.0 cm³/mol. The molecule has 1 aromatic rings. The van der Waals surface area contributed by atoms with Crippen molar-refractivity contribution in [2.75, 3.05) is 23.7 Å². The number of anilines is 2. The average molecular weight is 309 g/mol. The Morgan fingerprint density at radius 2 is 1.86 bits per heavy atom. The van der Waals surface area contributed by atoms with Crippen LogP contribution in [-0.2, 0) is 0 Å². The van der Waals surface area contributed by atoms with E-state index >= 15 is 0 Å². The van der Waals surface area contributed by atoms with E-state index in [1.54, 1.807) is 0 Å². The number of nitrogen functional groups attached to an aromatic ring is 1. The van der Waals surface area contributed by atoms with Crippen LogP contribution in [-0.4, -0.2) is 24.8 Å². The largest absolute Gasteiger partial charge is 0.397 e. The second-order valence-corrected chi connectivity index (χ2v) is 7.08. The molecule has 21 heavy (non-hydrogen) atoms. The number of thiophene rings is 1. The number of primary amides is 1. The molecule has 5 nitrogen and oxygen atoms in total. The van der Waals surface area contributed by atoms with E-state index < -0.39 is 5.91 Å². The topological polar surface area (TPSA) is 89.4 Å². The third-order valence-corrected chi connectivity index (χ3v) is 5.27. The van der Waals surface area contributed by atoms with Crippen LogP contribution in [0.15, 0.2) is 0 Å². The zero-order chi connectivity index (χ0) is 15.7. The number of amides is 1. The zero-order valence-corrected chi connectivity index (χ0v) is 13.6. The van der Waals surface area contributed by atoms with E-state index in [4.69, 9.17) is 11.5 Å². The number of ketones is 1. The van der Waals surface area contributed by atoms with Crippen molar-refractivity contribution in [2.45, 2.75) is 33.6 Å². The van der Waals surface area contributed by atoms with Crippen LogP contribution in [0.2, 0.25) is 0 Å². The molecule has 1 amide bonds. The fraction of sp³-hybridized carbons (Fsp3) is 0.600. The fourth-order valence-electron chi connectivity index (χ4n) is 2.55. The van der Waals surface area contributed by atoms with Crippen molar-refractivity contribution in [2.24, 2.45) is 17.6 Å². The van der Waals surface area contributed by atoms with Gasteiger partial charge in [-0.25, -0.2) is 0 Å². The maximum Gasteiger partial charge on any atom is 0.253 e. The Morgan fingerprint density at radius 3 is 2.33 bits per heavy atom. The number of piperidine rings is 1. The minimum atomic E-state index is -0.555. The molecule has 0 bridgehead atoms. The quantitative estimate of drug-likeness (QED) is 0.836. The van der Waals surface area contributed by atoms with E-state index in [1.807, 2.05) is 13.8 Å². The molecule has 1 saturated heterocycles. The molecular formula is C15H23N3O2S. The van der Waals surface area contributed by atoms with Gasteiger partial charge in [0.25, 0.3) is 5.91 Å². The van der Waals surface area contributed by atoms with Crippen LogP contribution in [0, 0.1) is 11.8 Å². The molecule has 1 aliphatic heterocycles. The van der Waals surface area contributed by atoms with E-state index in [1.165, 1.54) is 11.3 Å². The van der Waals surface area contributed by atoms with Gasteiger partial charge < -0.3 is 16.4 Å². The van der Waals surface area contributed by atoms with Crippen LogP contribution >= 0.6 is 11.3 Å². The van der Waals surface area contributed by atoms with Crippen LogP contribution in [0.3, 0.4) is 0 Å². The van der Waals surface area contributed by atoms with Gasteiger partial charge in [0, 0.05) is 19.0 Å². The third-order valence-electron chi connectivity index (χ3n) is 3.99. The Hall–Kier alpha value is -1.56. The summed E-state index contributed by atoms with van der Waals surface area (Å²) in [5.74, 6) is -0.0509. The van der Waals surface area contributed by atoms with Crippen LogP contribution in [0.1, 0.15) is 53.6 Å². The van der Waals surface area contributed by atoms with Gasteiger partial charge >= 0.3 is 0 Å². The van der Waals surface area contributed by atoms with E-state index in [9.17, 15) is 9.59 Å². The standard InChI is InChI=1S/C15H23N3O2S/c1-8(2)12(19)13-11(16)10(14(17)20)15(21-13)18-6-4-9(3)5-7-18/h8-9H,4-7,16H2,1-3H3,(H2,17,20). The Bertz CT molecular complexity index is 558. The third kappa shape index (κ3) is 3.05. The number of carbonyl (C=O) groups is 2. The monoisotopic (exact) mass is 309 g/mol. The first kappa shape index (κ1) is 15.8. The Kier molecular flexibility index (Phi) is 4.56. The number of nitrogens with zero attached hydrogens (tertiary/aromatic N) is 1. The van der Waals surface area contributed by atoms with Crippen molar-refractivity contribution in [3.63, 3.8) is 0 Å². The summed E-state index contributed by atoms with van der Waals surface area (Å²) in [7, 11) is 0. The first-order valence-electron chi connectivity index (χ1n) is 7.34. The number of rotatable bonds is 4. The van der Waals surface area contributed by atoms with Gasteiger partial charge in [0.15, 0.2) is 5.78 Å². The molecule has 1 aromatic heterocycles. The molecule has 0 aliphatic carbocycles. The summed E-state index contributed by atoms with van der Waals surface area (Å²) in [6, 6.07) is 0. The molecule has 0 unspecified atom stereocenters. The fourth-order valence-corrected chi connectivity index (χ4v) is 3.92. The van der Waals surface area contributed by atoms with Crippen molar-refractivity contribution in [1.29, 1.82) is 0 Å². The van der Waals surface area contributed by atoms with Gasteiger partial charge in [-0.15, -0.1) is 11.3 Å². The second-order valence-electron chi connectivity index (χ2n) is 6.08. The number of Topliss-reactive ketones (excluding diaryl/α,β-unsaturated/α-hetero) is 1. The lowest BCUT2D eigenvalue weighted by Gasteiger charge is -2.31. The van der Waals surface area contributed by atoms with Crippen molar-refractivity contribution in [1.82, 2.24) is 0 Å². The highest BCUT2D eigenvalue weighted by molar-refractivity contribution is 7.19. The normalized spacial score (nSPS) is 16.5. The summed E-state index contributed by atoms with van der Waals surface area (Å²) < 4.78 is 0. The van der Waals surface area contributed by atoms with Gasteiger partial charge in [-0.05, 0) is 18.8 Å². The maximum absolute atomic E-state index is 12.2. The van der Waals surface area contributed by atoms with Crippen molar-refractivity contribution in [3.05, 3.63) is 10.4 Å². The van der Waals surface area contributed by atoms with E-state index in [0.717, 1.165) is 30.9 Å². The minimum absolute atomic E-state index is 0.0309. The second kappa shape index (κ2) is 6.05. The first-order valence-corrected chi connectivity index (χ1v) is 8.15. The number of nitrogens with two attached hydrogens (primary N) is 2. The molecule has 116 valence electrons. The zero-order valence-electron chi connectivity index (χ0n) is 12.8. The summed E-state index contributed by atoms with van der Waals surface area (Å²) >= 11 is 1.31. The molecule has 2 rings (SSSR count). The molecule has 0 aromatic carbocycles. The van der Waals surface area contributed by atoms with Gasteiger partial charge in [0.2, 0.25) is 0 Å². The molecule has 4 N–H and O–H groups in total. The summed E-state index contributed by atoms with van der Waals surface area (Å²) in [6.45, 7) is 7.62. The number of carbonyl (C=O) groups excluding carboxylic acids is 2. The maximum atomic E-state index is 12.2. The Morgan fingerprint density at radius 1 is 1.29 bits per heavy atom. The molecule has 0 radical (unpaired) electrons. The summed E-state index contributed by atoms with van der Waals surface area (Å²) in [4.78, 5) is 26.6. The number of hydrogen-bond donors (Lipinski definition) is 2. The van der Waals surface area contributed by atoms with Gasteiger partial charge in [0.05, 0.1) is 16.1 Å². The van der Waals surface area contributed by atoms with Crippen LogP contribution in [0.5, 0.6) is 0 Å². The molecule has 1 fully saturated rings. The van der Waals surface area contributed by atoms with Crippen LogP contribution in [0.4, 0.5) is 10.7 Å². The summed E-state index contributed by atoms with van der Waals surface area (Å²) in [6.07, 6.45) is 2.15. The highest BCUT2D eigenvalue weighted by Gasteiger charge is 2.29. The molecule has 0 spiro atoms. The summed E-state index contributed by atoms with van der Waals surface area (Å²) in [5.41, 5.74) is 12.1. The average Bonchev–Trinajstić information content (AvgIpc) is 2.76. The lowest BCUT2D eigenvalue weighted by atomic mass is 9.99. The van der Waals surface area contributed by atoms with Crippen molar-refractivity contribution >= 4 is 33.7 Å². The van der Waals surface area contributed by atoms with E-state index in [0.29, 0.717) is 16.4 Å². The molecule has 2 heterocycles. The summed E-state index contributed by atoms with van der Waals surface area (Å²) in [5, 5.41) is 0.760. The first-order chi connectivity index (χ1) is 9.82. The van der Waals surface area contributed by atoms with Gasteiger partial charge in [-0.2, -0.15) is 0 Å².